The average molecular weight is 281 g/mol. The number of nitrogens with zero attached hydrogens (tertiary/aromatic N) is 2. The first-order valence-corrected chi connectivity index (χ1v) is 8.33. The van der Waals surface area contributed by atoms with Crippen LogP contribution in [0, 0.1) is 11.8 Å². The van der Waals surface area contributed by atoms with E-state index in [1.165, 1.54) is 32.1 Å². The third-order valence-electron chi connectivity index (χ3n) is 4.88. The lowest BCUT2D eigenvalue weighted by Crippen LogP contribution is -2.46. The number of rotatable bonds is 5. The fourth-order valence-electron chi connectivity index (χ4n) is 3.49. The van der Waals surface area contributed by atoms with Crippen LogP contribution in [0.2, 0.25) is 0 Å². The van der Waals surface area contributed by atoms with Crippen LogP contribution in [0.15, 0.2) is 0 Å². The highest BCUT2D eigenvalue weighted by Crippen LogP contribution is 2.21. The van der Waals surface area contributed by atoms with Gasteiger partial charge in [-0.15, -0.1) is 0 Å². The van der Waals surface area contributed by atoms with E-state index < -0.39 is 0 Å². The first-order valence-electron chi connectivity index (χ1n) is 8.33. The van der Waals surface area contributed by atoms with Gasteiger partial charge in [-0.25, -0.2) is 0 Å². The summed E-state index contributed by atoms with van der Waals surface area (Å²) in [5, 5.41) is 3.23. The minimum Gasteiger partial charge on any atom is -0.341 e. The molecule has 1 N–H and O–H groups in total. The zero-order valence-electron chi connectivity index (χ0n) is 13.2. The lowest BCUT2D eigenvalue weighted by atomic mass is 9.93. The van der Waals surface area contributed by atoms with E-state index in [1.54, 1.807) is 0 Å². The molecule has 0 bridgehead atoms. The van der Waals surface area contributed by atoms with Gasteiger partial charge in [-0.05, 0) is 70.6 Å². The van der Waals surface area contributed by atoms with Crippen molar-refractivity contribution in [2.75, 3.05) is 46.3 Å². The first-order chi connectivity index (χ1) is 9.69. The summed E-state index contributed by atoms with van der Waals surface area (Å²) in [7, 11) is 2.02. The van der Waals surface area contributed by atoms with Gasteiger partial charge in [0.05, 0.1) is 6.54 Å². The van der Waals surface area contributed by atoms with Crippen LogP contribution in [-0.4, -0.2) is 62.0 Å². The summed E-state index contributed by atoms with van der Waals surface area (Å²) >= 11 is 0. The highest BCUT2D eigenvalue weighted by Gasteiger charge is 2.25. The molecular weight excluding hydrogens is 250 g/mol. The second-order valence-corrected chi connectivity index (χ2v) is 6.70. The van der Waals surface area contributed by atoms with Crippen molar-refractivity contribution in [2.24, 2.45) is 11.8 Å². The maximum Gasteiger partial charge on any atom is 0.236 e. The predicted octanol–water partition coefficient (Wildman–Crippen LogP) is 1.57. The Morgan fingerprint density at radius 2 is 1.95 bits per heavy atom. The third kappa shape index (κ3) is 4.74. The topological polar surface area (TPSA) is 35.6 Å². The molecule has 0 spiro atoms. The number of nitrogens with one attached hydrogen (secondary N) is 1. The molecule has 0 aromatic rings. The van der Waals surface area contributed by atoms with E-state index in [2.05, 4.69) is 22.0 Å². The van der Waals surface area contributed by atoms with E-state index in [9.17, 15) is 4.79 Å². The van der Waals surface area contributed by atoms with Gasteiger partial charge in [0.25, 0.3) is 0 Å². The number of hydrogen-bond acceptors (Lipinski definition) is 3. The summed E-state index contributed by atoms with van der Waals surface area (Å²) < 4.78 is 0. The largest absolute Gasteiger partial charge is 0.341 e. The van der Waals surface area contributed by atoms with Gasteiger partial charge >= 0.3 is 0 Å². The zero-order valence-corrected chi connectivity index (χ0v) is 13.2. The zero-order chi connectivity index (χ0) is 14.4. The fraction of sp³-hybridized carbons (Fsp3) is 0.938. The Kier molecular flexibility index (Phi) is 6.30. The van der Waals surface area contributed by atoms with Crippen molar-refractivity contribution in [2.45, 2.75) is 39.0 Å². The van der Waals surface area contributed by atoms with Crippen LogP contribution < -0.4 is 5.32 Å². The summed E-state index contributed by atoms with van der Waals surface area (Å²) in [6, 6.07) is 0. The van der Waals surface area contributed by atoms with Crippen molar-refractivity contribution in [3.63, 3.8) is 0 Å². The van der Waals surface area contributed by atoms with Crippen molar-refractivity contribution in [1.29, 1.82) is 0 Å². The molecule has 2 fully saturated rings. The fourth-order valence-corrected chi connectivity index (χ4v) is 3.49. The standard InChI is InChI=1S/C16H31N3O/c1-14-4-3-9-19(12-14)16(20)13-18-10-6-15(7-11-18)5-8-17-2/h14-15,17H,3-13H2,1-2H3. The highest BCUT2D eigenvalue weighted by molar-refractivity contribution is 5.78. The normalized spacial score (nSPS) is 25.9. The number of carbonyl (C=O) groups is 1. The van der Waals surface area contributed by atoms with Crippen LogP contribution >= 0.6 is 0 Å². The summed E-state index contributed by atoms with van der Waals surface area (Å²) in [5.41, 5.74) is 0. The highest BCUT2D eigenvalue weighted by atomic mass is 16.2. The van der Waals surface area contributed by atoms with Gasteiger partial charge in [-0.2, -0.15) is 0 Å². The minimum atomic E-state index is 0.352. The molecule has 0 aromatic carbocycles. The Hall–Kier alpha value is -0.610. The Morgan fingerprint density at radius 3 is 2.60 bits per heavy atom. The van der Waals surface area contributed by atoms with Gasteiger partial charge in [0.2, 0.25) is 5.91 Å². The maximum atomic E-state index is 12.3. The van der Waals surface area contributed by atoms with Gasteiger partial charge < -0.3 is 10.2 Å². The average Bonchev–Trinajstić information content (AvgIpc) is 2.46. The van der Waals surface area contributed by atoms with Gasteiger partial charge in [0.1, 0.15) is 0 Å². The van der Waals surface area contributed by atoms with E-state index >= 15 is 0 Å². The van der Waals surface area contributed by atoms with E-state index in [1.807, 2.05) is 7.05 Å². The van der Waals surface area contributed by atoms with Crippen LogP contribution in [0.5, 0.6) is 0 Å². The monoisotopic (exact) mass is 281 g/mol. The van der Waals surface area contributed by atoms with Crippen molar-refractivity contribution in [3.05, 3.63) is 0 Å². The molecule has 1 amide bonds. The van der Waals surface area contributed by atoms with Crippen LogP contribution in [0.3, 0.4) is 0 Å². The SMILES string of the molecule is CNCCC1CCN(CC(=O)N2CCCC(C)C2)CC1. The Labute approximate surface area is 123 Å². The number of piperidine rings is 2. The molecule has 0 saturated carbocycles. The molecule has 1 atom stereocenters. The van der Waals surface area contributed by atoms with Crippen molar-refractivity contribution in [3.8, 4) is 0 Å². The molecule has 116 valence electrons. The molecular formula is C16H31N3O. The van der Waals surface area contributed by atoms with Crippen LogP contribution in [0.4, 0.5) is 0 Å². The molecule has 2 saturated heterocycles. The van der Waals surface area contributed by atoms with E-state index in [4.69, 9.17) is 0 Å². The van der Waals surface area contributed by atoms with E-state index in [0.717, 1.165) is 38.6 Å². The quantitative estimate of drug-likeness (QED) is 0.831. The number of carbonyl (C=O) groups excluding carboxylic acids is 1. The molecule has 4 heteroatoms. The van der Waals surface area contributed by atoms with Gasteiger partial charge in [-0.3, -0.25) is 9.69 Å². The summed E-state index contributed by atoms with van der Waals surface area (Å²) in [5.74, 6) is 1.88. The molecule has 1 unspecified atom stereocenters. The smallest absolute Gasteiger partial charge is 0.236 e. The van der Waals surface area contributed by atoms with E-state index in [0.29, 0.717) is 18.4 Å². The molecule has 4 nitrogen and oxygen atoms in total. The lowest BCUT2D eigenvalue weighted by Gasteiger charge is -2.35. The molecule has 2 rings (SSSR count). The Morgan fingerprint density at radius 1 is 1.20 bits per heavy atom. The Balaban J connectivity index is 1.68. The molecule has 0 aromatic heterocycles. The lowest BCUT2D eigenvalue weighted by molar-refractivity contribution is -0.134. The number of amides is 1. The summed E-state index contributed by atoms with van der Waals surface area (Å²) in [4.78, 5) is 16.8. The third-order valence-corrected chi connectivity index (χ3v) is 4.88. The van der Waals surface area contributed by atoms with E-state index in [-0.39, 0.29) is 0 Å². The Bertz CT molecular complexity index is 300. The van der Waals surface area contributed by atoms with Gasteiger partial charge in [-0.1, -0.05) is 6.92 Å². The maximum absolute atomic E-state index is 12.3. The summed E-state index contributed by atoms with van der Waals surface area (Å²) in [6.07, 6.45) is 6.25. The minimum absolute atomic E-state index is 0.352. The number of hydrogen-bond donors (Lipinski definition) is 1. The number of likely N-dealkylation sites (tertiary alicyclic amines) is 2. The second kappa shape index (κ2) is 7.99. The first kappa shape index (κ1) is 15.8. The van der Waals surface area contributed by atoms with Crippen molar-refractivity contribution < 1.29 is 4.79 Å². The van der Waals surface area contributed by atoms with Gasteiger partial charge in [0, 0.05) is 13.1 Å². The molecule has 0 radical (unpaired) electrons. The van der Waals surface area contributed by atoms with Crippen LogP contribution in [-0.2, 0) is 4.79 Å². The molecule has 2 aliphatic rings. The molecule has 0 aliphatic carbocycles. The van der Waals surface area contributed by atoms with Crippen LogP contribution in [0.1, 0.15) is 39.0 Å². The second-order valence-electron chi connectivity index (χ2n) is 6.70. The molecule has 2 aliphatic heterocycles. The molecule has 2 heterocycles. The van der Waals surface area contributed by atoms with Crippen molar-refractivity contribution in [1.82, 2.24) is 15.1 Å². The predicted molar refractivity (Wildman–Crippen MR) is 82.7 cm³/mol. The van der Waals surface area contributed by atoms with Gasteiger partial charge in [0.15, 0.2) is 0 Å². The van der Waals surface area contributed by atoms with Crippen LogP contribution in [0.25, 0.3) is 0 Å². The van der Waals surface area contributed by atoms with Crippen molar-refractivity contribution >= 4 is 5.91 Å². The summed E-state index contributed by atoms with van der Waals surface area (Å²) in [6.45, 7) is 8.17. The molecule has 20 heavy (non-hydrogen) atoms.